The van der Waals surface area contributed by atoms with Crippen molar-refractivity contribution < 1.29 is 4.74 Å². The van der Waals surface area contributed by atoms with Crippen molar-refractivity contribution in [3.63, 3.8) is 0 Å². The van der Waals surface area contributed by atoms with Crippen LogP contribution in [0.4, 0.5) is 0 Å². The molecule has 1 heteroatoms. The molecule has 1 nitrogen and oxygen atoms in total. The Morgan fingerprint density at radius 1 is 0.875 bits per heavy atom. The zero-order chi connectivity index (χ0) is 10.3. The zero-order valence-corrected chi connectivity index (χ0v) is 9.04. The predicted molar refractivity (Wildman–Crippen MR) is 60.7 cm³/mol. The third-order valence-electron chi connectivity index (χ3n) is 5.18. The summed E-state index contributed by atoms with van der Waals surface area (Å²) in [6, 6.07) is 8.85. The second kappa shape index (κ2) is 2.43. The maximum Gasteiger partial charge on any atom is 0.0874 e. The van der Waals surface area contributed by atoms with Gasteiger partial charge in [0.05, 0.1) is 12.2 Å². The molecule has 0 radical (unpaired) electrons. The molecule has 0 spiro atoms. The van der Waals surface area contributed by atoms with Gasteiger partial charge in [0.15, 0.2) is 0 Å². The van der Waals surface area contributed by atoms with Crippen LogP contribution in [0.25, 0.3) is 0 Å². The van der Waals surface area contributed by atoms with Crippen LogP contribution in [-0.2, 0) is 4.74 Å². The van der Waals surface area contributed by atoms with Crippen LogP contribution in [0.1, 0.15) is 29.8 Å². The fourth-order valence-corrected chi connectivity index (χ4v) is 4.68. The number of benzene rings is 1. The molecule has 2 fully saturated rings. The molecule has 1 aromatic carbocycles. The van der Waals surface area contributed by atoms with Crippen LogP contribution in [0.15, 0.2) is 36.4 Å². The van der Waals surface area contributed by atoms with Gasteiger partial charge >= 0.3 is 0 Å². The second-order valence-corrected chi connectivity index (χ2v) is 5.71. The van der Waals surface area contributed by atoms with Crippen LogP contribution < -0.4 is 0 Å². The molecule has 1 saturated carbocycles. The summed E-state index contributed by atoms with van der Waals surface area (Å²) in [6.45, 7) is 0. The van der Waals surface area contributed by atoms with Gasteiger partial charge in [0.2, 0.25) is 0 Å². The molecule has 2 aliphatic carbocycles. The molecule has 0 aromatic heterocycles. The lowest BCUT2D eigenvalue weighted by molar-refractivity contribution is 0.0424. The third-order valence-corrected chi connectivity index (χ3v) is 5.18. The van der Waals surface area contributed by atoms with Crippen LogP contribution in [0.3, 0.4) is 0 Å². The van der Waals surface area contributed by atoms with Crippen LogP contribution in [0.5, 0.6) is 0 Å². The maximum atomic E-state index is 6.25. The largest absolute Gasteiger partial charge is 0.365 e. The van der Waals surface area contributed by atoms with Gasteiger partial charge in [-0.3, -0.25) is 0 Å². The van der Waals surface area contributed by atoms with Gasteiger partial charge in [-0.2, -0.15) is 0 Å². The number of hydrogen-bond donors (Lipinski definition) is 0. The summed E-state index contributed by atoms with van der Waals surface area (Å²) >= 11 is 0. The Labute approximate surface area is 95.1 Å². The first-order valence-corrected chi connectivity index (χ1v) is 6.36. The fourth-order valence-electron chi connectivity index (χ4n) is 4.68. The van der Waals surface area contributed by atoms with E-state index in [2.05, 4.69) is 36.4 Å². The molecular formula is C15H14O. The van der Waals surface area contributed by atoms with Crippen molar-refractivity contribution in [3.8, 4) is 0 Å². The van der Waals surface area contributed by atoms with E-state index >= 15 is 0 Å². The molecule has 4 aliphatic rings. The summed E-state index contributed by atoms with van der Waals surface area (Å²) in [7, 11) is 0. The Kier molecular flexibility index (Phi) is 1.23. The number of allylic oxidation sites excluding steroid dienone is 2. The SMILES string of the molecule is C1=CC2CC1C1C3OC(c4ccccc43)[C@@H]21. The van der Waals surface area contributed by atoms with Crippen molar-refractivity contribution in [2.75, 3.05) is 0 Å². The summed E-state index contributed by atoms with van der Waals surface area (Å²) in [5, 5.41) is 0. The number of ether oxygens (including phenoxy) is 1. The monoisotopic (exact) mass is 210 g/mol. The minimum absolute atomic E-state index is 0.408. The Morgan fingerprint density at radius 3 is 2.00 bits per heavy atom. The van der Waals surface area contributed by atoms with Crippen LogP contribution in [0, 0.1) is 23.7 Å². The first-order chi connectivity index (χ1) is 7.93. The van der Waals surface area contributed by atoms with E-state index < -0.39 is 0 Å². The Balaban J connectivity index is 1.73. The molecule has 5 unspecified atom stereocenters. The molecule has 6 atom stereocenters. The fraction of sp³-hybridized carbons (Fsp3) is 0.467. The lowest BCUT2D eigenvalue weighted by Gasteiger charge is -2.30. The van der Waals surface area contributed by atoms with Crippen molar-refractivity contribution >= 4 is 0 Å². The molecule has 2 aliphatic heterocycles. The number of rotatable bonds is 0. The van der Waals surface area contributed by atoms with Crippen molar-refractivity contribution in [2.45, 2.75) is 18.6 Å². The van der Waals surface area contributed by atoms with Gasteiger partial charge in [0.25, 0.3) is 0 Å². The first kappa shape index (κ1) is 8.08. The molecule has 4 bridgehead atoms. The maximum absolute atomic E-state index is 6.25. The van der Waals surface area contributed by atoms with Crippen molar-refractivity contribution in [3.05, 3.63) is 47.5 Å². The zero-order valence-electron chi connectivity index (χ0n) is 9.04. The molecule has 1 aromatic rings. The molecule has 2 heterocycles. The Hall–Kier alpha value is -1.08. The standard InChI is InChI=1S/C15H14O/c1-2-4-11-10(3-1)14-12-8-5-6-9(7-8)13(12)15(11)16-14/h1-6,8-9,12-15H,7H2/t8?,9?,12-,13?,14?,15?/m0/s1. The number of hydrogen-bond acceptors (Lipinski definition) is 1. The van der Waals surface area contributed by atoms with E-state index in [1.807, 2.05) is 0 Å². The average Bonchev–Trinajstić information content (AvgIpc) is 3.07. The molecule has 0 N–H and O–H groups in total. The summed E-state index contributed by atoms with van der Waals surface area (Å²) in [5.74, 6) is 3.18. The van der Waals surface area contributed by atoms with Crippen LogP contribution in [0.2, 0.25) is 0 Å². The topological polar surface area (TPSA) is 9.23 Å². The quantitative estimate of drug-likeness (QED) is 0.597. The van der Waals surface area contributed by atoms with E-state index in [9.17, 15) is 0 Å². The van der Waals surface area contributed by atoms with E-state index in [-0.39, 0.29) is 0 Å². The van der Waals surface area contributed by atoms with Crippen molar-refractivity contribution in [1.29, 1.82) is 0 Å². The Morgan fingerprint density at radius 2 is 1.44 bits per heavy atom. The highest BCUT2D eigenvalue weighted by molar-refractivity contribution is 5.41. The predicted octanol–water partition coefficient (Wildman–Crippen LogP) is 3.25. The lowest BCUT2D eigenvalue weighted by Crippen LogP contribution is -2.25. The van der Waals surface area contributed by atoms with E-state index in [4.69, 9.17) is 4.74 Å². The molecule has 0 amide bonds. The molecule has 16 heavy (non-hydrogen) atoms. The smallest absolute Gasteiger partial charge is 0.0874 e. The van der Waals surface area contributed by atoms with Gasteiger partial charge in [-0.25, -0.2) is 0 Å². The van der Waals surface area contributed by atoms with Crippen LogP contribution in [-0.4, -0.2) is 0 Å². The van der Waals surface area contributed by atoms with E-state index in [0.717, 1.165) is 23.7 Å². The average molecular weight is 210 g/mol. The highest BCUT2D eigenvalue weighted by Gasteiger charge is 2.61. The normalized spacial score (nSPS) is 49.8. The highest BCUT2D eigenvalue weighted by Crippen LogP contribution is 2.68. The molecule has 80 valence electrons. The Bertz CT molecular complexity index is 461. The van der Waals surface area contributed by atoms with Gasteiger partial charge < -0.3 is 4.74 Å². The summed E-state index contributed by atoms with van der Waals surface area (Å²) < 4.78 is 6.25. The second-order valence-electron chi connectivity index (χ2n) is 5.71. The lowest BCUT2D eigenvalue weighted by atomic mass is 9.71. The minimum Gasteiger partial charge on any atom is -0.365 e. The van der Waals surface area contributed by atoms with Gasteiger partial charge in [-0.1, -0.05) is 36.4 Å². The third kappa shape index (κ3) is 0.708. The first-order valence-electron chi connectivity index (χ1n) is 6.36. The minimum atomic E-state index is 0.408. The van der Waals surface area contributed by atoms with E-state index in [1.165, 1.54) is 17.5 Å². The van der Waals surface area contributed by atoms with E-state index in [1.54, 1.807) is 0 Å². The van der Waals surface area contributed by atoms with Gasteiger partial charge in [-0.15, -0.1) is 0 Å². The van der Waals surface area contributed by atoms with Crippen molar-refractivity contribution in [1.82, 2.24) is 0 Å². The van der Waals surface area contributed by atoms with Gasteiger partial charge in [0.1, 0.15) is 0 Å². The highest BCUT2D eigenvalue weighted by atomic mass is 16.5. The summed E-state index contributed by atoms with van der Waals surface area (Å²) in [5.41, 5.74) is 2.96. The number of fused-ring (bicyclic) bond motifs is 12. The van der Waals surface area contributed by atoms with Crippen molar-refractivity contribution in [2.24, 2.45) is 23.7 Å². The molecule has 5 rings (SSSR count). The van der Waals surface area contributed by atoms with E-state index in [0.29, 0.717) is 12.2 Å². The summed E-state index contributed by atoms with van der Waals surface area (Å²) in [4.78, 5) is 0. The molecule has 1 saturated heterocycles. The summed E-state index contributed by atoms with van der Waals surface area (Å²) in [6.07, 6.45) is 7.09. The van der Waals surface area contributed by atoms with Crippen LogP contribution >= 0.6 is 0 Å². The van der Waals surface area contributed by atoms with Gasteiger partial charge in [-0.05, 0) is 29.4 Å². The van der Waals surface area contributed by atoms with Gasteiger partial charge in [0, 0.05) is 11.8 Å². The molecular weight excluding hydrogens is 196 g/mol.